The maximum Gasteiger partial charge on any atom is 0.313 e. The molecule has 0 aromatic heterocycles. The molecule has 0 unspecified atom stereocenters. The van der Waals surface area contributed by atoms with Crippen LogP contribution in [0.25, 0.3) is 0 Å². The summed E-state index contributed by atoms with van der Waals surface area (Å²) in [6.07, 6.45) is 0.409. The Morgan fingerprint density at radius 1 is 1.29 bits per heavy atom. The SMILES string of the molecule is Cc1ccc(NC(=O)C(=O)N(C)CCC(C)(C)O)c(C)c1. The normalized spacial score (nSPS) is 11.1. The highest BCUT2D eigenvalue weighted by Crippen LogP contribution is 2.16. The third-order valence-electron chi connectivity index (χ3n) is 3.23. The largest absolute Gasteiger partial charge is 0.390 e. The molecule has 1 aromatic rings. The molecule has 0 atom stereocenters. The third-order valence-corrected chi connectivity index (χ3v) is 3.23. The summed E-state index contributed by atoms with van der Waals surface area (Å²) in [5.41, 5.74) is 1.78. The molecule has 2 N–H and O–H groups in total. The zero-order valence-corrected chi connectivity index (χ0v) is 13.4. The van der Waals surface area contributed by atoms with Gasteiger partial charge >= 0.3 is 11.8 Å². The number of anilines is 1. The number of rotatable bonds is 4. The van der Waals surface area contributed by atoms with Gasteiger partial charge in [0.15, 0.2) is 0 Å². The molecule has 0 aliphatic rings. The molecule has 21 heavy (non-hydrogen) atoms. The maximum atomic E-state index is 12.0. The molecule has 0 bridgehead atoms. The monoisotopic (exact) mass is 292 g/mol. The van der Waals surface area contributed by atoms with Crippen molar-refractivity contribution in [1.29, 1.82) is 0 Å². The van der Waals surface area contributed by atoms with Gasteiger partial charge in [-0.05, 0) is 45.7 Å². The molecule has 5 nitrogen and oxygen atoms in total. The Balaban J connectivity index is 2.64. The molecular weight excluding hydrogens is 268 g/mol. The van der Waals surface area contributed by atoms with Gasteiger partial charge in [0.1, 0.15) is 0 Å². The Hall–Kier alpha value is -1.88. The van der Waals surface area contributed by atoms with Crippen LogP contribution in [0.4, 0.5) is 5.69 Å². The summed E-state index contributed by atoms with van der Waals surface area (Å²) >= 11 is 0. The molecule has 5 heteroatoms. The van der Waals surface area contributed by atoms with Crippen molar-refractivity contribution >= 4 is 17.5 Å². The Kier molecular flexibility index (Phi) is 5.49. The molecule has 1 rings (SSSR count). The zero-order valence-electron chi connectivity index (χ0n) is 13.4. The van der Waals surface area contributed by atoms with Crippen molar-refractivity contribution in [2.75, 3.05) is 18.9 Å². The van der Waals surface area contributed by atoms with Gasteiger partial charge in [0, 0.05) is 19.3 Å². The Labute approximate surface area is 126 Å². The first-order valence-electron chi connectivity index (χ1n) is 6.96. The minimum Gasteiger partial charge on any atom is -0.390 e. The Morgan fingerprint density at radius 2 is 1.90 bits per heavy atom. The first-order chi connectivity index (χ1) is 9.60. The van der Waals surface area contributed by atoms with E-state index in [1.165, 1.54) is 4.90 Å². The number of likely N-dealkylation sites (N-methyl/N-ethyl adjacent to an activating group) is 1. The predicted octanol–water partition coefficient (Wildman–Crippen LogP) is 1.86. The third kappa shape index (κ3) is 5.55. The second-order valence-electron chi connectivity index (χ2n) is 6.06. The fourth-order valence-corrected chi connectivity index (χ4v) is 1.85. The number of carbonyl (C=O) groups is 2. The lowest BCUT2D eigenvalue weighted by Crippen LogP contribution is -2.39. The number of carbonyl (C=O) groups excluding carboxylic acids is 2. The number of amides is 2. The zero-order chi connectivity index (χ0) is 16.2. The van der Waals surface area contributed by atoms with Crippen molar-refractivity contribution in [2.45, 2.75) is 39.7 Å². The van der Waals surface area contributed by atoms with E-state index in [4.69, 9.17) is 0 Å². The van der Waals surface area contributed by atoms with E-state index in [1.807, 2.05) is 26.0 Å². The summed E-state index contributed by atoms with van der Waals surface area (Å²) < 4.78 is 0. The lowest BCUT2D eigenvalue weighted by molar-refractivity contribution is -0.142. The Bertz CT molecular complexity index is 533. The van der Waals surface area contributed by atoms with E-state index in [2.05, 4.69) is 5.32 Å². The molecule has 1 aromatic carbocycles. The van der Waals surface area contributed by atoms with Crippen molar-refractivity contribution in [1.82, 2.24) is 4.90 Å². The van der Waals surface area contributed by atoms with E-state index < -0.39 is 17.4 Å². The second kappa shape index (κ2) is 6.72. The van der Waals surface area contributed by atoms with E-state index >= 15 is 0 Å². The van der Waals surface area contributed by atoms with Crippen LogP contribution in [0.5, 0.6) is 0 Å². The molecule has 0 aliphatic carbocycles. The number of nitrogens with one attached hydrogen (secondary N) is 1. The van der Waals surface area contributed by atoms with E-state index in [0.717, 1.165) is 11.1 Å². The molecule has 116 valence electrons. The second-order valence-corrected chi connectivity index (χ2v) is 6.06. The molecule has 0 fully saturated rings. The van der Waals surface area contributed by atoms with Crippen LogP contribution >= 0.6 is 0 Å². The molecule has 0 heterocycles. The fraction of sp³-hybridized carbons (Fsp3) is 0.500. The van der Waals surface area contributed by atoms with Gasteiger partial charge in [-0.25, -0.2) is 0 Å². The maximum absolute atomic E-state index is 12.0. The van der Waals surface area contributed by atoms with Gasteiger partial charge in [-0.1, -0.05) is 17.7 Å². The highest BCUT2D eigenvalue weighted by atomic mass is 16.3. The van der Waals surface area contributed by atoms with Crippen LogP contribution in [0, 0.1) is 13.8 Å². The molecule has 0 radical (unpaired) electrons. The predicted molar refractivity (Wildman–Crippen MR) is 83.1 cm³/mol. The minimum atomic E-state index is -0.863. The minimum absolute atomic E-state index is 0.322. The number of hydrogen-bond donors (Lipinski definition) is 2. The van der Waals surface area contributed by atoms with Crippen LogP contribution in [0.15, 0.2) is 18.2 Å². The number of hydrogen-bond acceptors (Lipinski definition) is 3. The van der Waals surface area contributed by atoms with Gasteiger partial charge in [0.25, 0.3) is 0 Å². The number of nitrogens with zero attached hydrogens (tertiary/aromatic N) is 1. The van der Waals surface area contributed by atoms with Crippen molar-refractivity contribution in [3.8, 4) is 0 Å². The van der Waals surface area contributed by atoms with Gasteiger partial charge in [-0.3, -0.25) is 9.59 Å². The van der Waals surface area contributed by atoms with Crippen LogP contribution in [0.2, 0.25) is 0 Å². The molecular formula is C16H24N2O3. The van der Waals surface area contributed by atoms with Crippen molar-refractivity contribution in [3.05, 3.63) is 29.3 Å². The molecule has 0 saturated carbocycles. The summed E-state index contributed by atoms with van der Waals surface area (Å²) in [7, 11) is 1.55. The first kappa shape index (κ1) is 17.2. The summed E-state index contributed by atoms with van der Waals surface area (Å²) in [6, 6.07) is 5.61. The van der Waals surface area contributed by atoms with Crippen LogP contribution in [0.3, 0.4) is 0 Å². The van der Waals surface area contributed by atoms with Crippen molar-refractivity contribution in [3.63, 3.8) is 0 Å². The van der Waals surface area contributed by atoms with Crippen molar-refractivity contribution in [2.24, 2.45) is 0 Å². The first-order valence-corrected chi connectivity index (χ1v) is 6.96. The summed E-state index contributed by atoms with van der Waals surface area (Å²) in [5.74, 6) is -1.28. The van der Waals surface area contributed by atoms with Crippen LogP contribution < -0.4 is 5.32 Å². The highest BCUT2D eigenvalue weighted by Gasteiger charge is 2.21. The smallest absolute Gasteiger partial charge is 0.313 e. The topological polar surface area (TPSA) is 69.6 Å². The summed E-state index contributed by atoms with van der Waals surface area (Å²) in [6.45, 7) is 7.50. The van der Waals surface area contributed by atoms with Gasteiger partial charge in [0.2, 0.25) is 0 Å². The average Bonchev–Trinajstić information content (AvgIpc) is 2.37. The summed E-state index contributed by atoms with van der Waals surface area (Å²) in [4.78, 5) is 25.2. The molecule has 0 saturated heterocycles. The van der Waals surface area contributed by atoms with Crippen LogP contribution in [-0.2, 0) is 9.59 Å². The highest BCUT2D eigenvalue weighted by molar-refractivity contribution is 6.39. The molecule has 0 aliphatic heterocycles. The van der Waals surface area contributed by atoms with Gasteiger partial charge < -0.3 is 15.3 Å². The quantitative estimate of drug-likeness (QED) is 0.832. The van der Waals surface area contributed by atoms with E-state index in [9.17, 15) is 14.7 Å². The fourth-order valence-electron chi connectivity index (χ4n) is 1.85. The van der Waals surface area contributed by atoms with E-state index in [-0.39, 0.29) is 0 Å². The number of benzene rings is 1. The lowest BCUT2D eigenvalue weighted by atomic mass is 10.1. The average molecular weight is 292 g/mol. The molecule has 0 spiro atoms. The Morgan fingerprint density at radius 3 is 2.43 bits per heavy atom. The number of aryl methyl sites for hydroxylation is 2. The van der Waals surface area contributed by atoms with E-state index in [0.29, 0.717) is 18.7 Å². The van der Waals surface area contributed by atoms with Gasteiger partial charge in [-0.2, -0.15) is 0 Å². The molecule has 2 amide bonds. The lowest BCUT2D eigenvalue weighted by Gasteiger charge is -2.22. The summed E-state index contributed by atoms with van der Waals surface area (Å²) in [5, 5.41) is 12.3. The van der Waals surface area contributed by atoms with E-state index in [1.54, 1.807) is 27.0 Å². The van der Waals surface area contributed by atoms with Gasteiger partial charge in [0.05, 0.1) is 5.60 Å². The van der Waals surface area contributed by atoms with Gasteiger partial charge in [-0.15, -0.1) is 0 Å². The standard InChI is InChI=1S/C16H24N2O3/c1-11-6-7-13(12(2)10-11)17-14(19)15(20)18(5)9-8-16(3,4)21/h6-7,10,21H,8-9H2,1-5H3,(H,17,19). The van der Waals surface area contributed by atoms with Crippen LogP contribution in [-0.4, -0.2) is 41.0 Å². The van der Waals surface area contributed by atoms with Crippen LogP contribution in [0.1, 0.15) is 31.4 Å². The number of aliphatic hydroxyl groups is 1. The van der Waals surface area contributed by atoms with Crippen molar-refractivity contribution < 1.29 is 14.7 Å².